The number of carbonyl (C=O) groups is 1. The van der Waals surface area contributed by atoms with Crippen LogP contribution in [0.2, 0.25) is 5.02 Å². The number of hydrogen-bond donors (Lipinski definition) is 1. The lowest BCUT2D eigenvalue weighted by Crippen LogP contribution is -2.36. The van der Waals surface area contributed by atoms with Crippen molar-refractivity contribution in [2.45, 2.75) is 33.1 Å². The number of halogens is 1. The van der Waals surface area contributed by atoms with E-state index in [2.05, 4.69) is 27.2 Å². The Morgan fingerprint density at radius 3 is 2.85 bits per heavy atom. The molecular formula is C19H26ClN5O. The van der Waals surface area contributed by atoms with E-state index < -0.39 is 0 Å². The molecule has 26 heavy (non-hydrogen) atoms. The van der Waals surface area contributed by atoms with Crippen LogP contribution in [0.15, 0.2) is 24.3 Å². The summed E-state index contributed by atoms with van der Waals surface area (Å²) in [6.07, 6.45) is 3.54. The van der Waals surface area contributed by atoms with Crippen LogP contribution in [0.4, 0.5) is 0 Å². The molecule has 1 aliphatic rings. The second-order valence-corrected chi connectivity index (χ2v) is 7.46. The Kier molecular flexibility index (Phi) is 6.27. The summed E-state index contributed by atoms with van der Waals surface area (Å²) in [5.41, 5.74) is 0.831. The first kappa shape index (κ1) is 18.9. The van der Waals surface area contributed by atoms with Crippen molar-refractivity contribution >= 4 is 17.5 Å². The number of amides is 1. The third-order valence-corrected chi connectivity index (χ3v) is 4.97. The smallest absolute Gasteiger partial charge is 0.290 e. The first-order chi connectivity index (χ1) is 12.5. The van der Waals surface area contributed by atoms with E-state index in [0.29, 0.717) is 17.4 Å². The topological polar surface area (TPSA) is 63.1 Å². The van der Waals surface area contributed by atoms with Crippen LogP contribution >= 0.6 is 11.6 Å². The number of carbonyl (C=O) groups excluding carboxylic acids is 1. The molecule has 0 aliphatic carbocycles. The van der Waals surface area contributed by atoms with Crippen molar-refractivity contribution in [3.63, 3.8) is 0 Å². The van der Waals surface area contributed by atoms with Crippen LogP contribution in [-0.2, 0) is 0 Å². The standard InChI is InChI=1S/C19H26ClN5O/c1-14-5-3-11-24(13-14)12-4-10-21-19(26)18-22-15(2)25(23-18)17-8-6-16(20)7-9-17/h6-9,14H,3-5,10-13H2,1-2H3,(H,21,26). The third kappa shape index (κ3) is 4.83. The quantitative estimate of drug-likeness (QED) is 0.788. The fourth-order valence-electron chi connectivity index (χ4n) is 3.39. The zero-order chi connectivity index (χ0) is 18.5. The van der Waals surface area contributed by atoms with Gasteiger partial charge in [-0.05, 0) is 69.5 Å². The number of hydrogen-bond acceptors (Lipinski definition) is 4. The summed E-state index contributed by atoms with van der Waals surface area (Å²) in [4.78, 5) is 19.1. The Bertz CT molecular complexity index is 743. The van der Waals surface area contributed by atoms with E-state index in [0.717, 1.165) is 24.6 Å². The molecule has 1 fully saturated rings. The predicted octanol–water partition coefficient (Wildman–Crippen LogP) is 3.08. The first-order valence-electron chi connectivity index (χ1n) is 9.23. The van der Waals surface area contributed by atoms with Crippen molar-refractivity contribution in [2.75, 3.05) is 26.2 Å². The average Bonchev–Trinajstić information content (AvgIpc) is 3.01. The molecule has 3 rings (SSSR count). The minimum Gasteiger partial charge on any atom is -0.349 e. The Labute approximate surface area is 159 Å². The highest BCUT2D eigenvalue weighted by Gasteiger charge is 2.17. The molecule has 1 amide bonds. The Morgan fingerprint density at radius 2 is 2.12 bits per heavy atom. The van der Waals surface area contributed by atoms with Gasteiger partial charge in [0.25, 0.3) is 5.91 Å². The minimum atomic E-state index is -0.229. The van der Waals surface area contributed by atoms with Crippen molar-refractivity contribution in [3.8, 4) is 5.69 Å². The maximum atomic E-state index is 12.3. The lowest BCUT2D eigenvalue weighted by Gasteiger charge is -2.30. The van der Waals surface area contributed by atoms with Crippen LogP contribution in [-0.4, -0.2) is 51.8 Å². The predicted molar refractivity (Wildman–Crippen MR) is 103 cm³/mol. The van der Waals surface area contributed by atoms with Crippen molar-refractivity contribution < 1.29 is 4.79 Å². The van der Waals surface area contributed by atoms with Gasteiger partial charge in [-0.2, -0.15) is 0 Å². The molecule has 0 bridgehead atoms. The highest BCUT2D eigenvalue weighted by atomic mass is 35.5. The number of rotatable bonds is 6. The number of likely N-dealkylation sites (tertiary alicyclic amines) is 1. The number of piperidine rings is 1. The fourth-order valence-corrected chi connectivity index (χ4v) is 3.51. The summed E-state index contributed by atoms with van der Waals surface area (Å²) in [5, 5.41) is 7.91. The van der Waals surface area contributed by atoms with Gasteiger partial charge in [0, 0.05) is 18.1 Å². The summed E-state index contributed by atoms with van der Waals surface area (Å²) in [7, 11) is 0. The summed E-state index contributed by atoms with van der Waals surface area (Å²) < 4.78 is 1.65. The molecule has 1 aromatic carbocycles. The SMILES string of the molecule is Cc1nc(C(=O)NCCCN2CCCC(C)C2)nn1-c1ccc(Cl)cc1. The van der Waals surface area contributed by atoms with Gasteiger partial charge >= 0.3 is 0 Å². The van der Waals surface area contributed by atoms with Crippen LogP contribution in [0, 0.1) is 12.8 Å². The zero-order valence-corrected chi connectivity index (χ0v) is 16.2. The second kappa shape index (κ2) is 8.64. The number of aromatic nitrogens is 3. The number of nitrogens with one attached hydrogen (secondary N) is 1. The molecular weight excluding hydrogens is 350 g/mol. The molecule has 0 radical (unpaired) electrons. The Hall–Kier alpha value is -1.92. The third-order valence-electron chi connectivity index (χ3n) is 4.72. The summed E-state index contributed by atoms with van der Waals surface area (Å²) in [6, 6.07) is 7.29. The molecule has 0 spiro atoms. The number of benzene rings is 1. The van der Waals surface area contributed by atoms with Gasteiger partial charge in [-0.1, -0.05) is 18.5 Å². The van der Waals surface area contributed by atoms with Crippen LogP contribution in [0.3, 0.4) is 0 Å². The monoisotopic (exact) mass is 375 g/mol. The molecule has 7 heteroatoms. The lowest BCUT2D eigenvalue weighted by molar-refractivity contribution is 0.0939. The van der Waals surface area contributed by atoms with Crippen molar-refractivity contribution in [1.82, 2.24) is 25.0 Å². The molecule has 1 atom stereocenters. The van der Waals surface area contributed by atoms with E-state index in [9.17, 15) is 4.79 Å². The van der Waals surface area contributed by atoms with Gasteiger partial charge < -0.3 is 10.2 Å². The van der Waals surface area contributed by atoms with Crippen LogP contribution in [0.5, 0.6) is 0 Å². The van der Waals surface area contributed by atoms with E-state index in [-0.39, 0.29) is 11.7 Å². The van der Waals surface area contributed by atoms with Gasteiger partial charge in [-0.25, -0.2) is 9.67 Å². The van der Waals surface area contributed by atoms with Crippen molar-refractivity contribution in [3.05, 3.63) is 40.9 Å². The van der Waals surface area contributed by atoms with Gasteiger partial charge in [0.2, 0.25) is 5.82 Å². The second-order valence-electron chi connectivity index (χ2n) is 7.03. The van der Waals surface area contributed by atoms with Gasteiger partial charge in [0.1, 0.15) is 5.82 Å². The van der Waals surface area contributed by atoms with Gasteiger partial charge in [-0.15, -0.1) is 5.10 Å². The maximum Gasteiger partial charge on any atom is 0.290 e. The van der Waals surface area contributed by atoms with E-state index in [4.69, 9.17) is 11.6 Å². The van der Waals surface area contributed by atoms with Gasteiger partial charge in [-0.3, -0.25) is 4.79 Å². The number of nitrogens with zero attached hydrogens (tertiary/aromatic N) is 4. The molecule has 1 aromatic heterocycles. The van der Waals surface area contributed by atoms with Gasteiger partial charge in [0.15, 0.2) is 0 Å². The molecule has 0 saturated carbocycles. The molecule has 6 nitrogen and oxygen atoms in total. The lowest BCUT2D eigenvalue weighted by atomic mass is 10.0. The van der Waals surface area contributed by atoms with Crippen LogP contribution in [0.25, 0.3) is 5.69 Å². The zero-order valence-electron chi connectivity index (χ0n) is 15.4. The molecule has 1 unspecified atom stereocenters. The summed E-state index contributed by atoms with van der Waals surface area (Å²) in [6.45, 7) is 8.13. The highest BCUT2D eigenvalue weighted by Crippen LogP contribution is 2.15. The highest BCUT2D eigenvalue weighted by molar-refractivity contribution is 6.30. The summed E-state index contributed by atoms with van der Waals surface area (Å²) in [5.74, 6) is 1.42. The van der Waals surface area contributed by atoms with Crippen molar-refractivity contribution in [1.29, 1.82) is 0 Å². The fraction of sp³-hybridized carbons (Fsp3) is 0.526. The van der Waals surface area contributed by atoms with E-state index >= 15 is 0 Å². The van der Waals surface area contributed by atoms with Gasteiger partial charge in [0.05, 0.1) is 5.69 Å². The minimum absolute atomic E-state index is 0.198. The summed E-state index contributed by atoms with van der Waals surface area (Å²) >= 11 is 5.92. The molecule has 1 aliphatic heterocycles. The molecule has 1 N–H and O–H groups in total. The van der Waals surface area contributed by atoms with E-state index in [1.165, 1.54) is 25.9 Å². The molecule has 1 saturated heterocycles. The Morgan fingerprint density at radius 1 is 1.35 bits per heavy atom. The van der Waals surface area contributed by atoms with E-state index in [1.807, 2.05) is 19.1 Å². The van der Waals surface area contributed by atoms with Crippen molar-refractivity contribution in [2.24, 2.45) is 5.92 Å². The first-order valence-corrected chi connectivity index (χ1v) is 9.61. The largest absolute Gasteiger partial charge is 0.349 e. The van der Waals surface area contributed by atoms with Crippen LogP contribution in [0.1, 0.15) is 42.6 Å². The van der Waals surface area contributed by atoms with Crippen LogP contribution < -0.4 is 5.32 Å². The molecule has 2 aromatic rings. The molecule has 140 valence electrons. The maximum absolute atomic E-state index is 12.3. The number of aryl methyl sites for hydroxylation is 1. The molecule has 2 heterocycles. The van der Waals surface area contributed by atoms with E-state index in [1.54, 1.807) is 16.8 Å². The Balaban J connectivity index is 1.50. The average molecular weight is 376 g/mol. The normalized spacial score (nSPS) is 18.0.